The summed E-state index contributed by atoms with van der Waals surface area (Å²) in [6.45, 7) is 5.43. The second kappa shape index (κ2) is 5.90. The lowest BCUT2D eigenvalue weighted by Gasteiger charge is -2.26. The maximum absolute atomic E-state index is 11.9. The summed E-state index contributed by atoms with van der Waals surface area (Å²) in [5.74, 6) is -1.19. The third-order valence-electron chi connectivity index (χ3n) is 3.25. The number of amides is 1. The van der Waals surface area contributed by atoms with E-state index in [0.717, 1.165) is 11.5 Å². The average Bonchev–Trinajstić information content (AvgIpc) is 2.77. The molecule has 1 aromatic heterocycles. The summed E-state index contributed by atoms with van der Waals surface area (Å²) in [7, 11) is 0. The van der Waals surface area contributed by atoms with Crippen molar-refractivity contribution in [3.8, 4) is 0 Å². The number of carbonyl (C=O) groups is 2. The third-order valence-corrected chi connectivity index (χ3v) is 4.08. The van der Waals surface area contributed by atoms with Gasteiger partial charge in [0.2, 0.25) is 0 Å². The van der Waals surface area contributed by atoms with Crippen LogP contribution in [-0.4, -0.2) is 33.1 Å². The summed E-state index contributed by atoms with van der Waals surface area (Å²) < 4.78 is 3.68. The van der Waals surface area contributed by atoms with E-state index >= 15 is 0 Å². The van der Waals surface area contributed by atoms with Crippen molar-refractivity contribution >= 4 is 23.4 Å². The van der Waals surface area contributed by atoms with E-state index in [1.54, 1.807) is 6.92 Å². The zero-order valence-corrected chi connectivity index (χ0v) is 11.5. The Bertz CT molecular complexity index is 440. The topological polar surface area (TPSA) is 92.2 Å². The highest BCUT2D eigenvalue weighted by atomic mass is 32.1. The van der Waals surface area contributed by atoms with Crippen molar-refractivity contribution in [1.82, 2.24) is 14.9 Å². The zero-order chi connectivity index (χ0) is 13.8. The smallest absolute Gasteiger partial charge is 0.311 e. The molecule has 6 nitrogen and oxygen atoms in total. The molecular formula is C11H17N3O3S. The van der Waals surface area contributed by atoms with Crippen molar-refractivity contribution in [1.29, 1.82) is 0 Å². The summed E-state index contributed by atoms with van der Waals surface area (Å²) in [5, 5.41) is 15.7. The summed E-state index contributed by atoms with van der Waals surface area (Å²) in [6.07, 6.45) is 0.943. The standard InChI is InChI=1S/C11H17N3O3S/c1-4-11(5-2,10(16)17)6-12-9(15)8-7(3)13-14-18-8/h4-6H2,1-3H3,(H,12,15)(H,16,17). The van der Waals surface area contributed by atoms with E-state index in [1.165, 1.54) is 0 Å². The lowest BCUT2D eigenvalue weighted by molar-refractivity contribution is -0.149. The van der Waals surface area contributed by atoms with Gasteiger partial charge in [-0.05, 0) is 31.3 Å². The van der Waals surface area contributed by atoms with Crippen molar-refractivity contribution in [2.24, 2.45) is 5.41 Å². The van der Waals surface area contributed by atoms with Crippen LogP contribution in [0.4, 0.5) is 0 Å². The van der Waals surface area contributed by atoms with Crippen molar-refractivity contribution in [3.63, 3.8) is 0 Å². The third kappa shape index (κ3) is 2.84. The Morgan fingerprint density at radius 1 is 1.39 bits per heavy atom. The van der Waals surface area contributed by atoms with Crippen LogP contribution in [-0.2, 0) is 4.79 Å². The molecular weight excluding hydrogens is 254 g/mol. The molecule has 0 aliphatic rings. The van der Waals surface area contributed by atoms with E-state index < -0.39 is 11.4 Å². The second-order valence-corrected chi connectivity index (χ2v) is 4.92. The van der Waals surface area contributed by atoms with Gasteiger partial charge in [0.1, 0.15) is 4.88 Å². The minimum absolute atomic E-state index is 0.117. The second-order valence-electron chi connectivity index (χ2n) is 4.16. The molecule has 18 heavy (non-hydrogen) atoms. The predicted octanol–water partition coefficient (Wildman–Crippen LogP) is 1.47. The van der Waals surface area contributed by atoms with Crippen LogP contribution >= 0.6 is 11.5 Å². The van der Waals surface area contributed by atoms with E-state index in [2.05, 4.69) is 14.9 Å². The molecule has 0 saturated heterocycles. The monoisotopic (exact) mass is 271 g/mol. The average molecular weight is 271 g/mol. The largest absolute Gasteiger partial charge is 0.481 e. The first kappa shape index (κ1) is 14.6. The summed E-state index contributed by atoms with van der Waals surface area (Å²) in [4.78, 5) is 23.6. The van der Waals surface area contributed by atoms with Crippen LogP contribution in [0.3, 0.4) is 0 Å². The van der Waals surface area contributed by atoms with Crippen LogP contribution in [0.25, 0.3) is 0 Å². The van der Waals surface area contributed by atoms with Gasteiger partial charge in [-0.1, -0.05) is 18.3 Å². The number of aliphatic carboxylic acids is 1. The Morgan fingerprint density at radius 2 is 2.00 bits per heavy atom. The van der Waals surface area contributed by atoms with E-state index in [9.17, 15) is 14.7 Å². The molecule has 0 aromatic carbocycles. The number of nitrogens with one attached hydrogen (secondary N) is 1. The van der Waals surface area contributed by atoms with Gasteiger partial charge in [0.05, 0.1) is 11.1 Å². The maximum atomic E-state index is 11.9. The number of hydrogen-bond donors (Lipinski definition) is 2. The quantitative estimate of drug-likeness (QED) is 0.817. The fourth-order valence-electron chi connectivity index (χ4n) is 1.65. The molecule has 0 aliphatic heterocycles. The molecule has 100 valence electrons. The number of aryl methyl sites for hydroxylation is 1. The molecule has 0 fully saturated rings. The van der Waals surface area contributed by atoms with Gasteiger partial charge in [-0.3, -0.25) is 9.59 Å². The van der Waals surface area contributed by atoms with Crippen LogP contribution in [0.1, 0.15) is 42.1 Å². The van der Waals surface area contributed by atoms with Gasteiger partial charge in [0, 0.05) is 6.54 Å². The Morgan fingerprint density at radius 3 is 2.39 bits per heavy atom. The van der Waals surface area contributed by atoms with Crippen molar-refractivity contribution in [3.05, 3.63) is 10.6 Å². The molecule has 0 saturated carbocycles. The van der Waals surface area contributed by atoms with Crippen molar-refractivity contribution in [2.45, 2.75) is 33.6 Å². The maximum Gasteiger partial charge on any atom is 0.311 e. The Balaban J connectivity index is 2.72. The van der Waals surface area contributed by atoms with Gasteiger partial charge < -0.3 is 10.4 Å². The van der Waals surface area contributed by atoms with E-state index in [4.69, 9.17) is 0 Å². The molecule has 7 heteroatoms. The molecule has 0 bridgehead atoms. The number of aromatic nitrogens is 2. The molecule has 0 atom stereocenters. The number of hydrogen-bond acceptors (Lipinski definition) is 5. The van der Waals surface area contributed by atoms with Gasteiger partial charge in [0.25, 0.3) is 5.91 Å². The molecule has 0 spiro atoms. The Kier molecular flexibility index (Phi) is 4.77. The van der Waals surface area contributed by atoms with Gasteiger partial charge in [-0.15, -0.1) is 5.10 Å². The Hall–Kier alpha value is -1.50. The lowest BCUT2D eigenvalue weighted by atomic mass is 9.82. The van der Waals surface area contributed by atoms with Crippen LogP contribution < -0.4 is 5.32 Å². The number of carboxylic acids is 1. The van der Waals surface area contributed by atoms with Crippen molar-refractivity contribution in [2.75, 3.05) is 6.54 Å². The fraction of sp³-hybridized carbons (Fsp3) is 0.636. The first-order valence-corrected chi connectivity index (χ1v) is 6.54. The highest BCUT2D eigenvalue weighted by Gasteiger charge is 2.35. The molecule has 1 amide bonds. The first-order valence-electron chi connectivity index (χ1n) is 5.77. The van der Waals surface area contributed by atoms with E-state index in [-0.39, 0.29) is 12.5 Å². The van der Waals surface area contributed by atoms with Crippen LogP contribution in [0.5, 0.6) is 0 Å². The summed E-state index contributed by atoms with van der Waals surface area (Å²) >= 11 is 1.01. The van der Waals surface area contributed by atoms with E-state index in [0.29, 0.717) is 23.4 Å². The first-order chi connectivity index (χ1) is 8.46. The van der Waals surface area contributed by atoms with Crippen LogP contribution in [0, 0.1) is 12.3 Å². The SMILES string of the molecule is CCC(CC)(CNC(=O)c1snnc1C)C(=O)O. The summed E-state index contributed by atoms with van der Waals surface area (Å²) in [6, 6.07) is 0. The predicted molar refractivity (Wildman–Crippen MR) is 67.6 cm³/mol. The zero-order valence-electron chi connectivity index (χ0n) is 10.7. The normalized spacial score (nSPS) is 11.3. The minimum Gasteiger partial charge on any atom is -0.481 e. The lowest BCUT2D eigenvalue weighted by Crippen LogP contribution is -2.42. The molecule has 2 N–H and O–H groups in total. The van der Waals surface area contributed by atoms with Gasteiger partial charge in [0.15, 0.2) is 0 Å². The van der Waals surface area contributed by atoms with Crippen LogP contribution in [0.15, 0.2) is 0 Å². The minimum atomic E-state index is -0.901. The molecule has 1 aromatic rings. The molecule has 1 rings (SSSR count). The molecule has 0 unspecified atom stereocenters. The number of nitrogens with zero attached hydrogens (tertiary/aromatic N) is 2. The fourth-order valence-corrected chi connectivity index (χ4v) is 2.22. The number of carboxylic acid groups (broad SMARTS) is 1. The van der Waals surface area contributed by atoms with E-state index in [1.807, 2.05) is 13.8 Å². The highest BCUT2D eigenvalue weighted by Crippen LogP contribution is 2.25. The highest BCUT2D eigenvalue weighted by molar-refractivity contribution is 7.07. The van der Waals surface area contributed by atoms with Gasteiger partial charge in [-0.25, -0.2) is 0 Å². The molecule has 0 radical (unpaired) electrons. The van der Waals surface area contributed by atoms with Gasteiger partial charge in [-0.2, -0.15) is 0 Å². The van der Waals surface area contributed by atoms with Gasteiger partial charge >= 0.3 is 5.97 Å². The van der Waals surface area contributed by atoms with Crippen LogP contribution in [0.2, 0.25) is 0 Å². The molecule has 0 aliphatic carbocycles. The molecule has 1 heterocycles. The number of rotatable bonds is 6. The van der Waals surface area contributed by atoms with Crippen molar-refractivity contribution < 1.29 is 14.7 Å². The number of carbonyl (C=O) groups excluding carboxylic acids is 1. The summed E-state index contributed by atoms with van der Waals surface area (Å²) in [5.41, 5.74) is -0.340. The Labute approximate surface area is 110 Å².